The zero-order valence-corrected chi connectivity index (χ0v) is 21.9. The van der Waals surface area contributed by atoms with Crippen LogP contribution in [0.5, 0.6) is 11.5 Å². The van der Waals surface area contributed by atoms with Gasteiger partial charge in [-0.1, -0.05) is 0 Å². The minimum absolute atomic E-state index is 0.0571. The van der Waals surface area contributed by atoms with E-state index in [4.69, 9.17) is 9.47 Å². The number of amides is 2. The van der Waals surface area contributed by atoms with E-state index in [0.29, 0.717) is 29.8 Å². The maximum Gasteiger partial charge on any atom is 0.416 e. The van der Waals surface area contributed by atoms with Crippen LogP contribution in [-0.2, 0) is 17.6 Å². The van der Waals surface area contributed by atoms with Gasteiger partial charge in [0.1, 0.15) is 18.8 Å². The fourth-order valence-corrected chi connectivity index (χ4v) is 5.09. The van der Waals surface area contributed by atoms with Crippen molar-refractivity contribution in [3.8, 4) is 11.5 Å². The summed E-state index contributed by atoms with van der Waals surface area (Å²) in [5.41, 5.74) is -1.23. The zero-order valence-electron chi connectivity index (χ0n) is 21.9. The molecule has 1 aliphatic heterocycles. The largest absolute Gasteiger partial charge is 0.493 e. The van der Waals surface area contributed by atoms with E-state index < -0.39 is 79.2 Å². The second kappa shape index (κ2) is 11.8. The number of alkyl halides is 6. The Morgan fingerprint density at radius 1 is 1.07 bits per heavy atom. The van der Waals surface area contributed by atoms with E-state index in [1.807, 2.05) is 0 Å². The molecular weight excluding hydrogens is 578 g/mol. The number of hydrogen-bond acceptors (Lipinski definition) is 7. The molecule has 0 spiro atoms. The van der Waals surface area contributed by atoms with E-state index in [-0.39, 0.29) is 34.1 Å². The van der Waals surface area contributed by atoms with E-state index in [1.54, 1.807) is 0 Å². The summed E-state index contributed by atoms with van der Waals surface area (Å²) < 4.78 is 91.5. The number of carbonyl (C=O) groups excluding carboxylic acids is 2. The molecule has 2 aromatic rings. The Morgan fingerprint density at radius 3 is 2.29 bits per heavy atom. The molecule has 2 amide bonds. The molecule has 0 unspecified atom stereocenters. The topological polar surface area (TPSA) is 129 Å². The molecule has 2 aromatic carbocycles. The van der Waals surface area contributed by atoms with Gasteiger partial charge in [-0.15, -0.1) is 0 Å². The van der Waals surface area contributed by atoms with Gasteiger partial charge in [0.25, 0.3) is 5.91 Å². The number of aliphatic hydroxyl groups excluding tert-OH is 3. The molecule has 4 rings (SSSR count). The van der Waals surface area contributed by atoms with Crippen molar-refractivity contribution in [2.75, 3.05) is 26.8 Å². The molecule has 1 aliphatic carbocycles. The highest BCUT2D eigenvalue weighted by atomic mass is 19.4. The van der Waals surface area contributed by atoms with Crippen LogP contribution in [0.25, 0.3) is 0 Å². The molecule has 0 bridgehead atoms. The Bertz CT molecular complexity index is 1360. The maximum absolute atomic E-state index is 13.7. The van der Waals surface area contributed by atoms with Crippen molar-refractivity contribution < 1.29 is 60.7 Å². The van der Waals surface area contributed by atoms with Crippen molar-refractivity contribution in [2.45, 2.75) is 43.1 Å². The molecule has 0 radical (unpaired) electrons. The van der Waals surface area contributed by atoms with E-state index in [9.17, 15) is 51.3 Å². The highest BCUT2D eigenvalue weighted by molar-refractivity contribution is 5.97. The van der Waals surface area contributed by atoms with Gasteiger partial charge in [-0.05, 0) is 48.0 Å². The average molecular weight is 604 g/mol. The molecule has 0 saturated carbocycles. The minimum Gasteiger partial charge on any atom is -0.493 e. The highest BCUT2D eigenvalue weighted by Gasteiger charge is 2.52. The first kappa shape index (κ1) is 31.1. The molecule has 228 valence electrons. The lowest BCUT2D eigenvalue weighted by Crippen LogP contribution is -2.57. The van der Waals surface area contributed by atoms with E-state index in [0.717, 1.165) is 6.08 Å². The zero-order chi connectivity index (χ0) is 31.0. The van der Waals surface area contributed by atoms with Crippen molar-refractivity contribution in [2.24, 2.45) is 0 Å². The second-order valence-electron chi connectivity index (χ2n) is 9.64. The van der Waals surface area contributed by atoms with Crippen LogP contribution in [0.2, 0.25) is 0 Å². The third-order valence-corrected chi connectivity index (χ3v) is 6.92. The molecule has 15 heteroatoms. The van der Waals surface area contributed by atoms with Gasteiger partial charge in [-0.3, -0.25) is 9.59 Å². The fraction of sp³-hybridized carbons (Fsp3) is 0.407. The van der Waals surface area contributed by atoms with Crippen LogP contribution >= 0.6 is 0 Å². The van der Waals surface area contributed by atoms with Crippen molar-refractivity contribution in [1.82, 2.24) is 10.2 Å². The third-order valence-electron chi connectivity index (χ3n) is 6.92. The number of hydrogen-bond donors (Lipinski definition) is 4. The van der Waals surface area contributed by atoms with Crippen molar-refractivity contribution >= 4 is 11.8 Å². The first-order chi connectivity index (χ1) is 19.7. The van der Waals surface area contributed by atoms with E-state index in [1.165, 1.54) is 19.2 Å². The Kier molecular flexibility index (Phi) is 8.76. The van der Waals surface area contributed by atoms with Crippen LogP contribution in [0.3, 0.4) is 0 Å². The summed E-state index contributed by atoms with van der Waals surface area (Å²) >= 11 is 0. The van der Waals surface area contributed by atoms with Crippen LogP contribution in [0.4, 0.5) is 26.3 Å². The number of nitrogens with one attached hydrogen (secondary N) is 1. The van der Waals surface area contributed by atoms with Crippen molar-refractivity contribution in [1.29, 1.82) is 0 Å². The molecule has 0 aromatic heterocycles. The monoisotopic (exact) mass is 604 g/mol. The Morgan fingerprint density at radius 2 is 1.74 bits per heavy atom. The summed E-state index contributed by atoms with van der Waals surface area (Å²) in [5, 5.41) is 32.6. The summed E-state index contributed by atoms with van der Waals surface area (Å²) in [6, 6.07) is 3.59. The normalized spacial score (nSPS) is 21.5. The van der Waals surface area contributed by atoms with Crippen LogP contribution in [0, 0.1) is 0 Å². The van der Waals surface area contributed by atoms with Gasteiger partial charge in [-0.25, -0.2) is 0 Å². The number of methoxy groups -OCH3 is 1. The van der Waals surface area contributed by atoms with Gasteiger partial charge in [0, 0.05) is 23.2 Å². The molecule has 9 nitrogen and oxygen atoms in total. The molecule has 42 heavy (non-hydrogen) atoms. The summed E-state index contributed by atoms with van der Waals surface area (Å²) in [6.45, 7) is -3.06. The van der Waals surface area contributed by atoms with Crippen molar-refractivity contribution in [3.63, 3.8) is 0 Å². The average Bonchev–Trinajstić information content (AvgIpc) is 3.33. The number of aliphatic hydroxyl groups is 3. The quantitative estimate of drug-likeness (QED) is 0.341. The summed E-state index contributed by atoms with van der Waals surface area (Å²) in [7, 11) is 1.29. The molecule has 1 heterocycles. The predicted octanol–water partition coefficient (Wildman–Crippen LogP) is 2.53. The van der Waals surface area contributed by atoms with Gasteiger partial charge in [0.05, 0.1) is 37.8 Å². The van der Waals surface area contributed by atoms with Gasteiger partial charge in [0.2, 0.25) is 5.91 Å². The molecule has 4 N–H and O–H groups in total. The molecular formula is C27H26F6N2O7. The first-order valence-electron chi connectivity index (χ1n) is 12.5. The van der Waals surface area contributed by atoms with Crippen LogP contribution < -0.4 is 14.8 Å². The minimum atomic E-state index is -5.01. The number of halogens is 6. The molecule has 0 fully saturated rings. The number of benzene rings is 2. The summed E-state index contributed by atoms with van der Waals surface area (Å²) in [6.07, 6.45) is -12.1. The Balaban J connectivity index is 1.83. The first-order valence-corrected chi connectivity index (χ1v) is 12.5. The maximum atomic E-state index is 13.7. The standard InChI is InChI=1S/C27H26F6N2O7/c1-41-19-9-13(11-37)8-16-20-17(24(39)34-6-7-36)10-18(21(38)23(20)42-22(16)19)35(12-26(28,29)30)25(40)14-2-4-15(5-3-14)27(31,32)33/h2-5,8-10,18,20-21,23,36-38H,6-7,11-12H2,1H3,(H,34,39)/t18-,20+,21+,23+/m1/s1. The fourth-order valence-electron chi connectivity index (χ4n) is 5.09. The summed E-state index contributed by atoms with van der Waals surface area (Å²) in [5.74, 6) is -3.11. The molecule has 4 atom stereocenters. The Hall–Kier alpha value is -3.82. The summed E-state index contributed by atoms with van der Waals surface area (Å²) in [4.78, 5) is 26.8. The van der Waals surface area contributed by atoms with Gasteiger partial charge in [0.15, 0.2) is 11.5 Å². The SMILES string of the molecule is COc1cc(CO)cc2c1O[C@@H]1[C@@H](O)[C@H](N(CC(F)(F)F)C(=O)c3ccc(C(F)(F)F)cc3)C=C(C(=O)NCCO)[C@H]21. The second-order valence-corrected chi connectivity index (χ2v) is 9.64. The molecule has 2 aliphatic rings. The van der Waals surface area contributed by atoms with Gasteiger partial charge < -0.3 is 35.0 Å². The lowest BCUT2D eigenvalue weighted by atomic mass is 9.77. The lowest BCUT2D eigenvalue weighted by molar-refractivity contribution is -0.149. The number of nitrogens with zero attached hydrogens (tertiary/aromatic N) is 1. The highest BCUT2D eigenvalue weighted by Crippen LogP contribution is 2.51. The van der Waals surface area contributed by atoms with Crippen molar-refractivity contribution in [3.05, 3.63) is 70.3 Å². The van der Waals surface area contributed by atoms with Gasteiger partial charge >= 0.3 is 12.4 Å². The van der Waals surface area contributed by atoms with Crippen LogP contribution in [0.15, 0.2) is 48.0 Å². The van der Waals surface area contributed by atoms with E-state index >= 15 is 0 Å². The number of ether oxygens (including phenoxy) is 2. The number of rotatable bonds is 8. The van der Waals surface area contributed by atoms with Gasteiger partial charge in [-0.2, -0.15) is 26.3 Å². The Labute approximate surface area is 234 Å². The lowest BCUT2D eigenvalue weighted by Gasteiger charge is -2.40. The number of fused-ring (bicyclic) bond motifs is 3. The van der Waals surface area contributed by atoms with Crippen LogP contribution in [-0.4, -0.2) is 83.3 Å². The third kappa shape index (κ3) is 6.17. The number of carbonyl (C=O) groups is 2. The van der Waals surface area contributed by atoms with E-state index in [2.05, 4.69) is 5.32 Å². The predicted molar refractivity (Wildman–Crippen MR) is 133 cm³/mol. The molecule has 0 saturated heterocycles. The smallest absolute Gasteiger partial charge is 0.416 e. The van der Waals surface area contributed by atoms with Crippen LogP contribution in [0.1, 0.15) is 33.0 Å².